The first kappa shape index (κ1) is 16.1. The Hall–Kier alpha value is 0.270. The zero-order valence-corrected chi connectivity index (χ0v) is 14.7. The summed E-state index contributed by atoms with van der Waals surface area (Å²) in [4.78, 5) is 0. The van der Waals surface area contributed by atoms with Gasteiger partial charge in [-0.3, -0.25) is 0 Å². The SMILES string of the molecule is CCC1CCC(CNC)C(C2CCOC3(CCSC3)C2)C1. The Kier molecular flexibility index (Phi) is 5.55. The lowest BCUT2D eigenvalue weighted by atomic mass is 9.64. The summed E-state index contributed by atoms with van der Waals surface area (Å²) in [6.45, 7) is 4.63. The van der Waals surface area contributed by atoms with Crippen LogP contribution in [0.4, 0.5) is 0 Å². The monoisotopic (exact) mass is 311 g/mol. The molecule has 5 unspecified atom stereocenters. The van der Waals surface area contributed by atoms with Gasteiger partial charge in [-0.15, -0.1) is 0 Å². The summed E-state index contributed by atoms with van der Waals surface area (Å²) in [5.41, 5.74) is 0.261. The number of rotatable bonds is 4. The van der Waals surface area contributed by atoms with Crippen LogP contribution >= 0.6 is 11.8 Å². The first-order valence-electron chi connectivity index (χ1n) is 9.12. The molecule has 1 spiro atoms. The third-order valence-corrected chi connectivity index (χ3v) is 7.63. The van der Waals surface area contributed by atoms with Crippen LogP contribution in [0.1, 0.15) is 51.9 Å². The van der Waals surface area contributed by atoms with Crippen LogP contribution in [-0.2, 0) is 4.74 Å². The van der Waals surface area contributed by atoms with E-state index in [-0.39, 0.29) is 5.60 Å². The summed E-state index contributed by atoms with van der Waals surface area (Å²) in [6, 6.07) is 0. The third kappa shape index (κ3) is 3.61. The van der Waals surface area contributed by atoms with Crippen molar-refractivity contribution in [3.8, 4) is 0 Å². The van der Waals surface area contributed by atoms with E-state index in [9.17, 15) is 0 Å². The van der Waals surface area contributed by atoms with E-state index < -0.39 is 0 Å². The summed E-state index contributed by atoms with van der Waals surface area (Å²) in [5, 5.41) is 3.47. The lowest BCUT2D eigenvalue weighted by Gasteiger charge is -2.46. The lowest BCUT2D eigenvalue weighted by Crippen LogP contribution is -2.45. The van der Waals surface area contributed by atoms with Crippen molar-refractivity contribution in [3.63, 3.8) is 0 Å². The average molecular weight is 312 g/mol. The standard InChI is InChI=1S/C18H33NOS/c1-3-14-4-5-16(12-19-2)17(10-14)15-6-8-20-18(11-15)7-9-21-13-18/h14-17,19H,3-13H2,1-2H3. The van der Waals surface area contributed by atoms with E-state index in [1.54, 1.807) is 0 Å². The van der Waals surface area contributed by atoms with Gasteiger partial charge in [-0.05, 0) is 75.1 Å². The highest BCUT2D eigenvalue weighted by Gasteiger charge is 2.44. The van der Waals surface area contributed by atoms with Crippen molar-refractivity contribution in [1.82, 2.24) is 5.32 Å². The smallest absolute Gasteiger partial charge is 0.0783 e. The molecule has 3 fully saturated rings. The Morgan fingerprint density at radius 3 is 2.90 bits per heavy atom. The molecule has 3 heteroatoms. The first-order chi connectivity index (χ1) is 10.3. The van der Waals surface area contributed by atoms with Gasteiger partial charge in [0.05, 0.1) is 5.60 Å². The van der Waals surface area contributed by atoms with E-state index in [0.29, 0.717) is 0 Å². The number of hydrogen-bond acceptors (Lipinski definition) is 3. The van der Waals surface area contributed by atoms with Gasteiger partial charge in [-0.25, -0.2) is 0 Å². The quantitative estimate of drug-likeness (QED) is 0.849. The Morgan fingerprint density at radius 2 is 2.19 bits per heavy atom. The van der Waals surface area contributed by atoms with Gasteiger partial charge in [0, 0.05) is 12.4 Å². The van der Waals surface area contributed by atoms with Crippen LogP contribution in [0, 0.1) is 23.7 Å². The molecule has 122 valence electrons. The second-order valence-corrected chi connectivity index (χ2v) is 8.76. The van der Waals surface area contributed by atoms with Gasteiger partial charge in [-0.1, -0.05) is 19.8 Å². The van der Waals surface area contributed by atoms with Gasteiger partial charge < -0.3 is 10.1 Å². The molecule has 2 saturated heterocycles. The van der Waals surface area contributed by atoms with Crippen molar-refractivity contribution in [2.45, 2.75) is 57.5 Å². The van der Waals surface area contributed by atoms with Crippen LogP contribution in [0.3, 0.4) is 0 Å². The van der Waals surface area contributed by atoms with Gasteiger partial charge >= 0.3 is 0 Å². The minimum atomic E-state index is 0.261. The van der Waals surface area contributed by atoms with Crippen LogP contribution in [0.5, 0.6) is 0 Å². The Balaban J connectivity index is 1.68. The summed E-state index contributed by atoms with van der Waals surface area (Å²) < 4.78 is 6.26. The van der Waals surface area contributed by atoms with Crippen LogP contribution in [0.2, 0.25) is 0 Å². The summed E-state index contributed by atoms with van der Waals surface area (Å²) in [7, 11) is 2.13. The maximum Gasteiger partial charge on any atom is 0.0783 e. The predicted molar refractivity (Wildman–Crippen MR) is 91.9 cm³/mol. The number of hydrogen-bond donors (Lipinski definition) is 1. The second-order valence-electron chi connectivity index (χ2n) is 7.66. The van der Waals surface area contributed by atoms with Gasteiger partial charge in [0.2, 0.25) is 0 Å². The highest BCUT2D eigenvalue weighted by atomic mass is 32.2. The minimum Gasteiger partial charge on any atom is -0.374 e. The Morgan fingerprint density at radius 1 is 1.29 bits per heavy atom. The summed E-state index contributed by atoms with van der Waals surface area (Å²) in [5.74, 6) is 6.33. The second kappa shape index (κ2) is 7.23. The molecule has 0 aromatic carbocycles. The molecule has 0 amide bonds. The molecule has 1 saturated carbocycles. The molecular formula is C18H33NOS. The highest BCUT2D eigenvalue weighted by Crippen LogP contribution is 2.48. The third-order valence-electron chi connectivity index (χ3n) is 6.40. The van der Waals surface area contributed by atoms with Crippen molar-refractivity contribution < 1.29 is 4.74 Å². The molecule has 1 N–H and O–H groups in total. The number of nitrogens with one attached hydrogen (secondary N) is 1. The molecular weight excluding hydrogens is 278 g/mol. The zero-order valence-electron chi connectivity index (χ0n) is 13.9. The van der Waals surface area contributed by atoms with E-state index in [0.717, 1.165) is 30.3 Å². The highest BCUT2D eigenvalue weighted by molar-refractivity contribution is 7.99. The molecule has 3 aliphatic rings. The van der Waals surface area contributed by atoms with E-state index in [1.165, 1.54) is 63.0 Å². The molecule has 5 atom stereocenters. The molecule has 0 aromatic rings. The van der Waals surface area contributed by atoms with Crippen molar-refractivity contribution in [2.75, 3.05) is 31.7 Å². The largest absolute Gasteiger partial charge is 0.374 e. The fourth-order valence-electron chi connectivity index (χ4n) is 5.12. The van der Waals surface area contributed by atoms with Gasteiger partial charge in [0.15, 0.2) is 0 Å². The van der Waals surface area contributed by atoms with Crippen molar-refractivity contribution >= 4 is 11.8 Å². The van der Waals surface area contributed by atoms with Gasteiger partial charge in [0.1, 0.15) is 0 Å². The molecule has 1 aliphatic carbocycles. The van der Waals surface area contributed by atoms with Gasteiger partial charge in [0.25, 0.3) is 0 Å². The Bertz CT molecular complexity index is 329. The van der Waals surface area contributed by atoms with E-state index in [2.05, 4.69) is 31.1 Å². The van der Waals surface area contributed by atoms with E-state index >= 15 is 0 Å². The maximum atomic E-state index is 6.26. The van der Waals surface area contributed by atoms with E-state index in [4.69, 9.17) is 4.74 Å². The fraction of sp³-hybridized carbons (Fsp3) is 1.00. The number of ether oxygens (including phenoxy) is 1. The van der Waals surface area contributed by atoms with Crippen LogP contribution in [0.25, 0.3) is 0 Å². The van der Waals surface area contributed by atoms with Crippen LogP contribution < -0.4 is 5.32 Å². The van der Waals surface area contributed by atoms with Crippen LogP contribution in [0.15, 0.2) is 0 Å². The maximum absolute atomic E-state index is 6.26. The molecule has 0 bridgehead atoms. The minimum absolute atomic E-state index is 0.261. The molecule has 0 aromatic heterocycles. The average Bonchev–Trinajstić information content (AvgIpc) is 2.96. The Labute approximate surface area is 135 Å². The van der Waals surface area contributed by atoms with Crippen molar-refractivity contribution in [2.24, 2.45) is 23.7 Å². The molecule has 2 nitrogen and oxygen atoms in total. The topological polar surface area (TPSA) is 21.3 Å². The predicted octanol–water partition coefficient (Wildman–Crippen LogP) is 3.95. The fourth-order valence-corrected chi connectivity index (χ4v) is 6.50. The summed E-state index contributed by atoms with van der Waals surface area (Å²) >= 11 is 2.11. The molecule has 3 rings (SSSR count). The summed E-state index contributed by atoms with van der Waals surface area (Å²) in [6.07, 6.45) is 9.74. The van der Waals surface area contributed by atoms with E-state index in [1.807, 2.05) is 0 Å². The molecule has 0 radical (unpaired) electrons. The van der Waals surface area contributed by atoms with Crippen molar-refractivity contribution in [1.29, 1.82) is 0 Å². The molecule has 21 heavy (non-hydrogen) atoms. The number of thioether (sulfide) groups is 1. The lowest BCUT2D eigenvalue weighted by molar-refractivity contribution is -0.0987. The zero-order chi connectivity index (χ0) is 14.7. The first-order valence-corrected chi connectivity index (χ1v) is 10.3. The van der Waals surface area contributed by atoms with Crippen LogP contribution in [-0.4, -0.2) is 37.3 Å². The normalized spacial score (nSPS) is 44.3. The molecule has 2 heterocycles. The molecule has 2 aliphatic heterocycles. The van der Waals surface area contributed by atoms with Gasteiger partial charge in [-0.2, -0.15) is 11.8 Å². The van der Waals surface area contributed by atoms with Crippen molar-refractivity contribution in [3.05, 3.63) is 0 Å².